The molecule has 2 N–H and O–H groups in total. The maximum atomic E-state index is 13.0. The standard InChI is InChI=1S/C21H27ClN4O3/c1-13-20(23)21(12-29-13)7-9-25(10-8-21)17-11-18(27)26(14(2)24-17)15-5-4-6-16(28-3)19(15)22/h4-6,11,13,20H,7-10,12,23H2,1-3H3/t13-,20+/m0/s1. The first-order chi connectivity index (χ1) is 13.9. The van der Waals surface area contributed by atoms with Crippen molar-refractivity contribution in [2.24, 2.45) is 11.1 Å². The molecule has 8 heteroatoms. The highest BCUT2D eigenvalue weighted by atomic mass is 35.5. The summed E-state index contributed by atoms with van der Waals surface area (Å²) in [6.07, 6.45) is 1.96. The molecule has 2 aliphatic rings. The first-order valence-electron chi connectivity index (χ1n) is 9.92. The molecule has 1 spiro atoms. The second kappa shape index (κ2) is 7.63. The zero-order valence-electron chi connectivity index (χ0n) is 17.0. The summed E-state index contributed by atoms with van der Waals surface area (Å²) in [7, 11) is 1.55. The predicted molar refractivity (Wildman–Crippen MR) is 113 cm³/mol. The van der Waals surface area contributed by atoms with Crippen molar-refractivity contribution in [2.75, 3.05) is 31.7 Å². The Hall–Kier alpha value is -2.09. The van der Waals surface area contributed by atoms with Crippen LogP contribution in [0.4, 0.5) is 5.82 Å². The third kappa shape index (κ3) is 3.41. The van der Waals surface area contributed by atoms with Crippen molar-refractivity contribution < 1.29 is 9.47 Å². The second-order valence-electron chi connectivity index (χ2n) is 8.02. The molecule has 0 bridgehead atoms. The van der Waals surface area contributed by atoms with Crippen LogP contribution in [0.2, 0.25) is 5.02 Å². The van der Waals surface area contributed by atoms with Gasteiger partial charge in [0.05, 0.1) is 25.5 Å². The summed E-state index contributed by atoms with van der Waals surface area (Å²) < 4.78 is 12.6. The first kappa shape index (κ1) is 20.2. The highest BCUT2D eigenvalue weighted by Gasteiger charge is 2.47. The van der Waals surface area contributed by atoms with Gasteiger partial charge in [0, 0.05) is 30.6 Å². The van der Waals surface area contributed by atoms with Gasteiger partial charge >= 0.3 is 0 Å². The number of halogens is 1. The predicted octanol–water partition coefficient (Wildman–Crippen LogP) is 2.54. The number of nitrogens with zero attached hydrogens (tertiary/aromatic N) is 3. The summed E-state index contributed by atoms with van der Waals surface area (Å²) in [4.78, 5) is 19.8. The number of anilines is 1. The molecule has 2 fully saturated rings. The fraction of sp³-hybridized carbons (Fsp3) is 0.524. The van der Waals surface area contributed by atoms with E-state index in [2.05, 4.69) is 4.90 Å². The number of methoxy groups -OCH3 is 1. The molecule has 2 atom stereocenters. The molecule has 156 valence electrons. The maximum absolute atomic E-state index is 13.0. The Labute approximate surface area is 175 Å². The van der Waals surface area contributed by atoms with Gasteiger partial charge in [-0.15, -0.1) is 0 Å². The van der Waals surface area contributed by atoms with Crippen molar-refractivity contribution in [2.45, 2.75) is 38.8 Å². The van der Waals surface area contributed by atoms with Gasteiger partial charge in [0.2, 0.25) is 0 Å². The molecule has 7 nitrogen and oxygen atoms in total. The molecule has 1 aromatic carbocycles. The molecule has 2 aromatic rings. The van der Waals surface area contributed by atoms with E-state index in [0.717, 1.165) is 25.9 Å². The summed E-state index contributed by atoms with van der Waals surface area (Å²) in [6, 6.07) is 6.98. The Morgan fingerprint density at radius 2 is 2.07 bits per heavy atom. The summed E-state index contributed by atoms with van der Waals surface area (Å²) in [5.41, 5.74) is 6.84. The lowest BCUT2D eigenvalue weighted by Crippen LogP contribution is -2.51. The number of hydrogen-bond acceptors (Lipinski definition) is 6. The average molecular weight is 419 g/mol. The number of nitrogens with two attached hydrogens (primary N) is 1. The van der Waals surface area contributed by atoms with E-state index in [4.69, 9.17) is 31.8 Å². The van der Waals surface area contributed by atoms with Crippen LogP contribution in [0.15, 0.2) is 29.1 Å². The molecule has 29 heavy (non-hydrogen) atoms. The second-order valence-corrected chi connectivity index (χ2v) is 8.40. The lowest BCUT2D eigenvalue weighted by molar-refractivity contribution is 0.0974. The third-order valence-corrected chi connectivity index (χ3v) is 6.79. The van der Waals surface area contributed by atoms with E-state index in [1.165, 1.54) is 4.57 Å². The topological polar surface area (TPSA) is 82.6 Å². The Morgan fingerprint density at radius 1 is 1.34 bits per heavy atom. The van der Waals surface area contributed by atoms with E-state index in [0.29, 0.717) is 34.7 Å². The Morgan fingerprint density at radius 3 is 2.66 bits per heavy atom. The lowest BCUT2D eigenvalue weighted by atomic mass is 9.73. The number of hydrogen-bond donors (Lipinski definition) is 1. The number of ether oxygens (including phenoxy) is 2. The molecule has 0 aliphatic carbocycles. The van der Waals surface area contributed by atoms with Crippen LogP contribution in [0.5, 0.6) is 5.75 Å². The molecule has 2 saturated heterocycles. The Balaban J connectivity index is 1.60. The monoisotopic (exact) mass is 418 g/mol. The van der Waals surface area contributed by atoms with Crippen LogP contribution in [-0.4, -0.2) is 48.5 Å². The fourth-order valence-electron chi connectivity index (χ4n) is 4.52. The largest absolute Gasteiger partial charge is 0.495 e. The molecule has 2 aliphatic heterocycles. The van der Waals surface area contributed by atoms with Gasteiger partial charge < -0.3 is 20.1 Å². The molecule has 3 heterocycles. The van der Waals surface area contributed by atoms with Crippen LogP contribution < -0.4 is 20.9 Å². The van der Waals surface area contributed by atoms with Crippen LogP contribution >= 0.6 is 11.6 Å². The van der Waals surface area contributed by atoms with E-state index in [9.17, 15) is 4.79 Å². The van der Waals surface area contributed by atoms with Crippen LogP contribution in [0.1, 0.15) is 25.6 Å². The SMILES string of the molecule is COc1cccc(-n2c(C)nc(N3CCC4(CC3)CO[C@@H](C)[C@H]4N)cc2=O)c1Cl. The van der Waals surface area contributed by atoms with Crippen molar-refractivity contribution in [1.82, 2.24) is 9.55 Å². The van der Waals surface area contributed by atoms with E-state index < -0.39 is 0 Å². The van der Waals surface area contributed by atoms with Gasteiger partial charge in [0.15, 0.2) is 0 Å². The van der Waals surface area contributed by atoms with Crippen LogP contribution in [0, 0.1) is 12.3 Å². The van der Waals surface area contributed by atoms with Crippen LogP contribution in [0.3, 0.4) is 0 Å². The minimum Gasteiger partial charge on any atom is -0.495 e. The highest BCUT2D eigenvalue weighted by Crippen LogP contribution is 2.41. The van der Waals surface area contributed by atoms with E-state index in [1.54, 1.807) is 31.4 Å². The lowest BCUT2D eigenvalue weighted by Gasteiger charge is -2.41. The maximum Gasteiger partial charge on any atom is 0.260 e. The zero-order valence-corrected chi connectivity index (χ0v) is 17.8. The molecule has 0 radical (unpaired) electrons. The molecular formula is C21H27ClN4O3. The summed E-state index contributed by atoms with van der Waals surface area (Å²) in [5, 5.41) is 0.388. The summed E-state index contributed by atoms with van der Waals surface area (Å²) >= 11 is 6.42. The average Bonchev–Trinajstić information content (AvgIpc) is 2.98. The number of piperidine rings is 1. The third-order valence-electron chi connectivity index (χ3n) is 6.41. The Bertz CT molecular complexity index is 969. The fourth-order valence-corrected chi connectivity index (χ4v) is 4.81. The number of aromatic nitrogens is 2. The normalized spacial score (nSPS) is 23.6. The summed E-state index contributed by atoms with van der Waals surface area (Å²) in [5.74, 6) is 1.79. The van der Waals surface area contributed by atoms with Crippen LogP contribution in [-0.2, 0) is 4.74 Å². The smallest absolute Gasteiger partial charge is 0.260 e. The van der Waals surface area contributed by atoms with Crippen molar-refractivity contribution in [3.63, 3.8) is 0 Å². The van der Waals surface area contributed by atoms with Crippen molar-refractivity contribution in [1.29, 1.82) is 0 Å². The van der Waals surface area contributed by atoms with Gasteiger partial charge in [0.1, 0.15) is 22.4 Å². The van der Waals surface area contributed by atoms with Gasteiger partial charge in [-0.1, -0.05) is 17.7 Å². The van der Waals surface area contributed by atoms with Crippen molar-refractivity contribution in [3.8, 4) is 11.4 Å². The molecule has 1 aromatic heterocycles. The molecule has 0 saturated carbocycles. The van der Waals surface area contributed by atoms with Gasteiger partial charge in [0.25, 0.3) is 5.56 Å². The van der Waals surface area contributed by atoms with E-state index in [-0.39, 0.29) is 23.1 Å². The van der Waals surface area contributed by atoms with Crippen molar-refractivity contribution in [3.05, 3.63) is 45.5 Å². The van der Waals surface area contributed by atoms with E-state index in [1.807, 2.05) is 13.8 Å². The molecule has 0 unspecified atom stereocenters. The van der Waals surface area contributed by atoms with Gasteiger partial charge in [-0.05, 0) is 38.8 Å². The van der Waals surface area contributed by atoms with Crippen LogP contribution in [0.25, 0.3) is 5.69 Å². The van der Waals surface area contributed by atoms with Gasteiger partial charge in [-0.2, -0.15) is 0 Å². The minimum absolute atomic E-state index is 0.0358. The minimum atomic E-state index is -0.169. The molecule has 4 rings (SSSR count). The number of rotatable bonds is 3. The zero-order chi connectivity index (χ0) is 20.8. The van der Waals surface area contributed by atoms with Gasteiger partial charge in [-0.25, -0.2) is 4.98 Å². The first-order valence-corrected chi connectivity index (χ1v) is 10.3. The van der Waals surface area contributed by atoms with Gasteiger partial charge in [-0.3, -0.25) is 9.36 Å². The molecular weight excluding hydrogens is 392 g/mol. The highest BCUT2D eigenvalue weighted by molar-refractivity contribution is 6.33. The quantitative estimate of drug-likeness (QED) is 0.824. The number of aryl methyl sites for hydroxylation is 1. The molecule has 0 amide bonds. The van der Waals surface area contributed by atoms with Crippen molar-refractivity contribution >= 4 is 17.4 Å². The number of benzene rings is 1. The Kier molecular flexibility index (Phi) is 5.31. The summed E-state index contributed by atoms with van der Waals surface area (Å²) in [6.45, 7) is 6.18. The van der Waals surface area contributed by atoms with E-state index >= 15 is 0 Å².